The lowest BCUT2D eigenvalue weighted by atomic mass is 9.42. The van der Waals surface area contributed by atoms with Gasteiger partial charge in [0.15, 0.2) is 0 Å². The van der Waals surface area contributed by atoms with Gasteiger partial charge in [0.05, 0.1) is 0 Å². The molecule has 6 aliphatic rings. The van der Waals surface area contributed by atoms with E-state index in [1.165, 1.54) is 113 Å². The summed E-state index contributed by atoms with van der Waals surface area (Å²) >= 11 is 0. The molecule has 0 heteroatoms. The van der Waals surface area contributed by atoms with E-state index in [1.807, 2.05) is 0 Å². The zero-order chi connectivity index (χ0) is 31.3. The van der Waals surface area contributed by atoms with Crippen molar-refractivity contribution in [3.05, 3.63) is 120 Å². The number of hydrogen-bond donors (Lipinski definition) is 0. The molecule has 5 aromatic rings. The van der Waals surface area contributed by atoms with Crippen LogP contribution >= 0.6 is 0 Å². The van der Waals surface area contributed by atoms with E-state index in [2.05, 4.69) is 117 Å². The first-order valence-corrected chi connectivity index (χ1v) is 18.9. The Morgan fingerprint density at radius 3 is 1.62 bits per heavy atom. The van der Waals surface area contributed by atoms with Crippen LogP contribution in [0.4, 0.5) is 0 Å². The van der Waals surface area contributed by atoms with Crippen LogP contribution in [0.5, 0.6) is 0 Å². The molecule has 5 aromatic carbocycles. The molecule has 0 amide bonds. The van der Waals surface area contributed by atoms with Crippen LogP contribution in [0, 0.1) is 35.5 Å². The Hall–Kier alpha value is -3.64. The van der Waals surface area contributed by atoms with Crippen molar-refractivity contribution >= 4 is 10.8 Å². The molecule has 5 saturated carbocycles. The standard InChI is InChI=1S/C47H48/c1-47(2)44-26-34(21-23-38(44)39-24-22-35(27-45(39)47)33-20-17-29-9-3-4-10-32(29)25-33)30-15-18-31(19-16-30)42-28-43-36-11-5-7-13-40(36)46(42)41-14-8-6-12-37(41)43/h3-4,9-10,15-27,36-37,40-43,46H,5-8,11-14,28H2,1-2H3. The van der Waals surface area contributed by atoms with Crippen molar-refractivity contribution in [2.24, 2.45) is 35.5 Å². The highest BCUT2D eigenvalue weighted by Gasteiger charge is 2.57. The number of fused-ring (bicyclic) bond motifs is 5. The van der Waals surface area contributed by atoms with Gasteiger partial charge in [0, 0.05) is 5.41 Å². The first kappa shape index (κ1) is 28.4. The third kappa shape index (κ3) is 4.32. The van der Waals surface area contributed by atoms with Crippen molar-refractivity contribution in [3.8, 4) is 33.4 Å². The first-order chi connectivity index (χ1) is 23.0. The molecule has 6 aliphatic carbocycles. The van der Waals surface area contributed by atoms with Gasteiger partial charge in [-0.15, -0.1) is 0 Å². The second-order valence-electron chi connectivity index (χ2n) is 16.6. The number of hydrogen-bond acceptors (Lipinski definition) is 0. The minimum Gasteiger partial charge on any atom is -0.0616 e. The predicted molar refractivity (Wildman–Crippen MR) is 198 cm³/mol. The summed E-state index contributed by atoms with van der Waals surface area (Å²) in [6.07, 6.45) is 13.5. The van der Waals surface area contributed by atoms with Crippen LogP contribution in [0.2, 0.25) is 0 Å². The average molecular weight is 613 g/mol. The maximum atomic E-state index is 2.54. The summed E-state index contributed by atoms with van der Waals surface area (Å²) in [6.45, 7) is 4.84. The Bertz CT molecular complexity index is 1970. The molecule has 5 unspecified atom stereocenters. The summed E-state index contributed by atoms with van der Waals surface area (Å²) < 4.78 is 0. The fourth-order valence-electron chi connectivity index (χ4n) is 12.2. The van der Waals surface area contributed by atoms with E-state index in [9.17, 15) is 0 Å². The average Bonchev–Trinajstić information content (AvgIpc) is 3.36. The summed E-state index contributed by atoms with van der Waals surface area (Å²) in [4.78, 5) is 0. The highest BCUT2D eigenvalue weighted by molar-refractivity contribution is 5.89. The Kier molecular flexibility index (Phi) is 6.45. The molecule has 5 fully saturated rings. The van der Waals surface area contributed by atoms with E-state index >= 15 is 0 Å². The maximum Gasteiger partial charge on any atom is 0.0159 e. The van der Waals surface area contributed by atoms with Gasteiger partial charge in [-0.2, -0.15) is 0 Å². The summed E-state index contributed by atoms with van der Waals surface area (Å²) in [6, 6.07) is 40.0. The van der Waals surface area contributed by atoms with Gasteiger partial charge < -0.3 is 0 Å². The van der Waals surface area contributed by atoms with Crippen molar-refractivity contribution in [3.63, 3.8) is 0 Å². The van der Waals surface area contributed by atoms with Crippen LogP contribution in [-0.2, 0) is 5.41 Å². The van der Waals surface area contributed by atoms with Crippen molar-refractivity contribution < 1.29 is 0 Å². The predicted octanol–water partition coefficient (Wildman–Crippen LogP) is 12.8. The van der Waals surface area contributed by atoms with Crippen LogP contribution in [0.1, 0.15) is 94.2 Å². The molecule has 2 bridgehead atoms. The van der Waals surface area contributed by atoms with Crippen molar-refractivity contribution in [1.29, 1.82) is 0 Å². The second kappa shape index (κ2) is 10.7. The molecule has 0 aliphatic heterocycles. The highest BCUT2D eigenvalue weighted by atomic mass is 14.6. The molecular formula is C47H48. The van der Waals surface area contributed by atoms with Gasteiger partial charge in [-0.1, -0.05) is 124 Å². The molecule has 0 saturated heterocycles. The summed E-state index contributed by atoms with van der Waals surface area (Å²) in [5.41, 5.74) is 12.6. The Morgan fingerprint density at radius 2 is 0.979 bits per heavy atom. The van der Waals surface area contributed by atoms with Gasteiger partial charge in [-0.3, -0.25) is 0 Å². The highest BCUT2D eigenvalue weighted by Crippen LogP contribution is 2.66. The Labute approximate surface area is 281 Å². The smallest absolute Gasteiger partial charge is 0.0159 e. The summed E-state index contributed by atoms with van der Waals surface area (Å²) in [5, 5.41) is 2.60. The Balaban J connectivity index is 0.948. The molecular weight excluding hydrogens is 565 g/mol. The van der Waals surface area contributed by atoms with Crippen LogP contribution in [0.25, 0.3) is 44.2 Å². The first-order valence-electron chi connectivity index (χ1n) is 18.9. The lowest BCUT2D eigenvalue weighted by Gasteiger charge is -2.63. The van der Waals surface area contributed by atoms with Crippen molar-refractivity contribution in [2.45, 2.75) is 83.0 Å². The number of rotatable bonds is 3. The molecule has 47 heavy (non-hydrogen) atoms. The maximum absolute atomic E-state index is 2.54. The molecule has 5 atom stereocenters. The summed E-state index contributed by atoms with van der Waals surface area (Å²) in [7, 11) is 0. The third-order valence-electron chi connectivity index (χ3n) is 14.3. The van der Waals surface area contributed by atoms with Crippen molar-refractivity contribution in [2.75, 3.05) is 0 Å². The van der Waals surface area contributed by atoms with Gasteiger partial charge >= 0.3 is 0 Å². The quantitative estimate of drug-likeness (QED) is 0.190. The zero-order valence-corrected chi connectivity index (χ0v) is 28.2. The monoisotopic (exact) mass is 612 g/mol. The van der Waals surface area contributed by atoms with Gasteiger partial charge in [0.2, 0.25) is 0 Å². The fourth-order valence-corrected chi connectivity index (χ4v) is 12.2. The lowest BCUT2D eigenvalue weighted by Crippen LogP contribution is -2.55. The second-order valence-corrected chi connectivity index (χ2v) is 16.6. The molecule has 0 nitrogen and oxygen atoms in total. The Morgan fingerprint density at radius 1 is 0.468 bits per heavy atom. The summed E-state index contributed by atoms with van der Waals surface area (Å²) in [5.74, 6) is 6.85. The minimum absolute atomic E-state index is 0.0398. The minimum atomic E-state index is -0.0398. The molecule has 236 valence electrons. The van der Waals surface area contributed by atoms with Gasteiger partial charge in [0.25, 0.3) is 0 Å². The van der Waals surface area contributed by atoms with E-state index in [0.29, 0.717) is 0 Å². The van der Waals surface area contributed by atoms with E-state index in [4.69, 9.17) is 0 Å². The molecule has 0 heterocycles. The normalized spacial score (nSPS) is 30.0. The van der Waals surface area contributed by atoms with Crippen LogP contribution in [0.3, 0.4) is 0 Å². The fraction of sp³-hybridized carbons (Fsp3) is 0.404. The molecule has 0 spiro atoms. The van der Waals surface area contributed by atoms with Crippen molar-refractivity contribution in [1.82, 2.24) is 0 Å². The van der Waals surface area contributed by atoms with Gasteiger partial charge in [0.1, 0.15) is 0 Å². The topological polar surface area (TPSA) is 0 Å². The lowest BCUT2D eigenvalue weighted by molar-refractivity contribution is -0.121. The number of benzene rings is 5. The van der Waals surface area contributed by atoms with E-state index in [0.717, 1.165) is 41.4 Å². The SMILES string of the molecule is CC1(C)c2cc(-c3ccc(C4CC5C6CCCCC6C4C4CCCCC54)cc3)ccc2-c2ccc(-c3ccc4ccccc4c3)cc21. The van der Waals surface area contributed by atoms with Gasteiger partial charge in [-0.05, 0) is 153 Å². The van der Waals surface area contributed by atoms with Gasteiger partial charge in [-0.25, -0.2) is 0 Å². The van der Waals surface area contributed by atoms with E-state index in [-0.39, 0.29) is 5.41 Å². The van der Waals surface area contributed by atoms with E-state index < -0.39 is 0 Å². The van der Waals surface area contributed by atoms with E-state index in [1.54, 1.807) is 5.56 Å². The third-order valence-corrected chi connectivity index (χ3v) is 14.3. The largest absolute Gasteiger partial charge is 0.0616 e. The van der Waals surface area contributed by atoms with Crippen LogP contribution < -0.4 is 0 Å². The molecule has 11 rings (SSSR count). The zero-order valence-electron chi connectivity index (χ0n) is 28.2. The van der Waals surface area contributed by atoms with Crippen LogP contribution in [-0.4, -0.2) is 0 Å². The molecule has 0 aromatic heterocycles. The molecule has 0 N–H and O–H groups in total. The van der Waals surface area contributed by atoms with Crippen LogP contribution in [0.15, 0.2) is 103 Å². The molecule has 0 radical (unpaired) electrons.